The lowest BCUT2D eigenvalue weighted by atomic mass is 10.1. The van der Waals surface area contributed by atoms with Gasteiger partial charge in [-0.25, -0.2) is 0 Å². The number of nitrogens with one attached hydrogen (secondary N) is 1. The Kier molecular flexibility index (Phi) is 5.52. The second kappa shape index (κ2) is 6.96. The highest BCUT2D eigenvalue weighted by molar-refractivity contribution is 8.00. The Morgan fingerprint density at radius 3 is 3.00 bits per heavy atom. The van der Waals surface area contributed by atoms with Crippen LogP contribution in [0.5, 0.6) is 0 Å². The van der Waals surface area contributed by atoms with E-state index in [1.165, 1.54) is 12.2 Å². The van der Waals surface area contributed by atoms with Gasteiger partial charge in [0.15, 0.2) is 5.76 Å². The molecule has 0 aromatic carbocycles. The first-order chi connectivity index (χ1) is 9.46. The largest absolute Gasteiger partial charge is 0.360 e. The highest BCUT2D eigenvalue weighted by atomic mass is 32.2. The molecule has 0 amide bonds. The van der Waals surface area contributed by atoms with Crippen LogP contribution in [0.25, 0.3) is 0 Å². The van der Waals surface area contributed by atoms with Gasteiger partial charge in [-0.15, -0.1) is 0 Å². The van der Waals surface area contributed by atoms with Gasteiger partial charge < -0.3 is 9.84 Å². The molecular weight excluding hydrogens is 270 g/mol. The number of nitrogens with zero attached hydrogens (tertiary/aromatic N) is 2. The second-order valence-corrected chi connectivity index (χ2v) is 7.93. The minimum Gasteiger partial charge on any atom is -0.360 e. The molecule has 0 saturated carbocycles. The van der Waals surface area contributed by atoms with E-state index in [-0.39, 0.29) is 5.54 Å². The summed E-state index contributed by atoms with van der Waals surface area (Å²) in [5.74, 6) is 2.21. The molecular formula is C15H27N3OS. The van der Waals surface area contributed by atoms with Crippen molar-refractivity contribution in [3.63, 3.8) is 0 Å². The SMILES string of the molecule is CCC1CN(Cc2cc(CNC(C)(C)C)no2)CCS1. The molecule has 1 N–H and O–H groups in total. The van der Waals surface area contributed by atoms with Crippen molar-refractivity contribution in [2.24, 2.45) is 0 Å². The van der Waals surface area contributed by atoms with Gasteiger partial charge >= 0.3 is 0 Å². The number of aromatic nitrogens is 1. The predicted octanol–water partition coefficient (Wildman–Crippen LogP) is 2.89. The van der Waals surface area contributed by atoms with Crippen LogP contribution in [0.1, 0.15) is 45.6 Å². The summed E-state index contributed by atoms with van der Waals surface area (Å²) in [4.78, 5) is 2.48. The molecule has 1 aromatic rings. The van der Waals surface area contributed by atoms with Crippen LogP contribution >= 0.6 is 11.8 Å². The Morgan fingerprint density at radius 1 is 1.50 bits per heavy atom. The first kappa shape index (κ1) is 15.9. The zero-order chi connectivity index (χ0) is 14.6. The summed E-state index contributed by atoms with van der Waals surface area (Å²) in [7, 11) is 0. The average molecular weight is 297 g/mol. The highest BCUT2D eigenvalue weighted by Gasteiger charge is 2.20. The molecule has 1 aromatic heterocycles. The Labute approximate surface area is 126 Å². The molecule has 114 valence electrons. The van der Waals surface area contributed by atoms with Gasteiger partial charge in [-0.2, -0.15) is 11.8 Å². The van der Waals surface area contributed by atoms with Crippen molar-refractivity contribution in [3.05, 3.63) is 17.5 Å². The van der Waals surface area contributed by atoms with Gasteiger partial charge in [-0.05, 0) is 27.2 Å². The van der Waals surface area contributed by atoms with Crippen LogP contribution < -0.4 is 5.32 Å². The summed E-state index contributed by atoms with van der Waals surface area (Å²) < 4.78 is 5.46. The van der Waals surface area contributed by atoms with E-state index in [0.29, 0.717) is 0 Å². The molecule has 0 bridgehead atoms. The van der Waals surface area contributed by atoms with Gasteiger partial charge in [0, 0.05) is 42.2 Å². The van der Waals surface area contributed by atoms with Crippen LogP contribution in [0.2, 0.25) is 0 Å². The first-order valence-corrected chi connectivity index (χ1v) is 8.54. The van der Waals surface area contributed by atoms with Crippen LogP contribution in [0, 0.1) is 0 Å². The fraction of sp³-hybridized carbons (Fsp3) is 0.800. The lowest BCUT2D eigenvalue weighted by Gasteiger charge is -2.30. The second-order valence-electron chi connectivity index (χ2n) is 6.52. The maximum Gasteiger partial charge on any atom is 0.151 e. The molecule has 0 spiro atoms. The molecule has 1 aliphatic rings. The normalized spacial score (nSPS) is 21.3. The molecule has 1 fully saturated rings. The third-order valence-corrected chi connectivity index (χ3v) is 4.84. The molecule has 1 aliphatic heterocycles. The van der Waals surface area contributed by atoms with E-state index in [2.05, 4.69) is 60.9 Å². The number of hydrogen-bond donors (Lipinski definition) is 1. The van der Waals surface area contributed by atoms with E-state index in [4.69, 9.17) is 4.52 Å². The third-order valence-electron chi connectivity index (χ3n) is 3.47. The number of thioether (sulfide) groups is 1. The van der Waals surface area contributed by atoms with Crippen molar-refractivity contribution in [2.45, 2.75) is 58.0 Å². The van der Waals surface area contributed by atoms with Crippen molar-refractivity contribution >= 4 is 11.8 Å². The standard InChI is InChI=1S/C15H27N3OS/c1-5-14-11-18(6-7-20-14)10-13-8-12(17-19-13)9-16-15(2,3)4/h8,14,16H,5-7,9-11H2,1-4H3. The molecule has 2 rings (SSSR count). The quantitative estimate of drug-likeness (QED) is 0.905. The predicted molar refractivity (Wildman–Crippen MR) is 84.9 cm³/mol. The topological polar surface area (TPSA) is 41.3 Å². The van der Waals surface area contributed by atoms with Gasteiger partial charge in [-0.1, -0.05) is 12.1 Å². The summed E-state index contributed by atoms with van der Waals surface area (Å²) in [5.41, 5.74) is 1.10. The van der Waals surface area contributed by atoms with Crippen LogP contribution in [-0.4, -0.2) is 39.7 Å². The minimum absolute atomic E-state index is 0.109. The van der Waals surface area contributed by atoms with Crippen LogP contribution in [-0.2, 0) is 13.1 Å². The summed E-state index contributed by atoms with van der Waals surface area (Å²) in [6.45, 7) is 12.7. The summed E-state index contributed by atoms with van der Waals surface area (Å²) in [6.07, 6.45) is 1.25. The Hall–Kier alpha value is -0.520. The molecule has 0 aliphatic carbocycles. The Balaban J connectivity index is 1.83. The molecule has 1 atom stereocenters. The summed E-state index contributed by atoms with van der Waals surface area (Å²) >= 11 is 2.10. The highest BCUT2D eigenvalue weighted by Crippen LogP contribution is 2.22. The molecule has 0 radical (unpaired) electrons. The van der Waals surface area contributed by atoms with Crippen LogP contribution in [0.3, 0.4) is 0 Å². The van der Waals surface area contributed by atoms with E-state index >= 15 is 0 Å². The Morgan fingerprint density at radius 2 is 2.30 bits per heavy atom. The fourth-order valence-electron chi connectivity index (χ4n) is 2.26. The molecule has 4 nitrogen and oxygen atoms in total. The fourth-order valence-corrected chi connectivity index (χ4v) is 3.51. The van der Waals surface area contributed by atoms with Gasteiger partial charge in [-0.3, -0.25) is 4.90 Å². The van der Waals surface area contributed by atoms with E-state index < -0.39 is 0 Å². The maximum atomic E-state index is 5.46. The minimum atomic E-state index is 0.109. The maximum absolute atomic E-state index is 5.46. The molecule has 5 heteroatoms. The summed E-state index contributed by atoms with van der Waals surface area (Å²) in [6, 6.07) is 2.08. The van der Waals surface area contributed by atoms with Crippen LogP contribution in [0.15, 0.2) is 10.6 Å². The number of hydrogen-bond acceptors (Lipinski definition) is 5. The van der Waals surface area contributed by atoms with Gasteiger partial charge in [0.2, 0.25) is 0 Å². The van der Waals surface area contributed by atoms with Crippen molar-refractivity contribution in [1.29, 1.82) is 0 Å². The van der Waals surface area contributed by atoms with Gasteiger partial charge in [0.05, 0.1) is 12.2 Å². The lowest BCUT2D eigenvalue weighted by Crippen LogP contribution is -2.36. The zero-order valence-electron chi connectivity index (χ0n) is 13.1. The van der Waals surface area contributed by atoms with Gasteiger partial charge in [0.1, 0.15) is 0 Å². The van der Waals surface area contributed by atoms with E-state index in [1.54, 1.807) is 0 Å². The van der Waals surface area contributed by atoms with Crippen molar-refractivity contribution in [3.8, 4) is 0 Å². The van der Waals surface area contributed by atoms with Crippen LogP contribution in [0.4, 0.5) is 0 Å². The molecule has 1 saturated heterocycles. The van der Waals surface area contributed by atoms with Crippen molar-refractivity contribution in [2.75, 3.05) is 18.8 Å². The molecule has 20 heavy (non-hydrogen) atoms. The van der Waals surface area contributed by atoms with Gasteiger partial charge in [0.25, 0.3) is 0 Å². The monoisotopic (exact) mass is 297 g/mol. The Bertz CT molecular complexity index is 413. The average Bonchev–Trinajstić information content (AvgIpc) is 2.83. The van der Waals surface area contributed by atoms with E-state index in [1.807, 2.05) is 0 Å². The van der Waals surface area contributed by atoms with E-state index in [9.17, 15) is 0 Å². The first-order valence-electron chi connectivity index (χ1n) is 7.49. The molecule has 1 unspecified atom stereocenters. The third kappa shape index (κ3) is 5.11. The number of rotatable bonds is 5. The molecule has 2 heterocycles. The zero-order valence-corrected chi connectivity index (χ0v) is 13.9. The van der Waals surface area contributed by atoms with E-state index in [0.717, 1.165) is 42.9 Å². The summed E-state index contributed by atoms with van der Waals surface area (Å²) in [5, 5.41) is 8.36. The smallest absolute Gasteiger partial charge is 0.151 e. The lowest BCUT2D eigenvalue weighted by molar-refractivity contribution is 0.236. The van der Waals surface area contributed by atoms with Crippen molar-refractivity contribution in [1.82, 2.24) is 15.4 Å². The van der Waals surface area contributed by atoms with Crippen molar-refractivity contribution < 1.29 is 4.52 Å².